The van der Waals surface area contributed by atoms with Crippen LogP contribution in [0.5, 0.6) is 0 Å². The van der Waals surface area contributed by atoms with E-state index in [2.05, 4.69) is 24.3 Å². The number of aromatic nitrogens is 1. The summed E-state index contributed by atoms with van der Waals surface area (Å²) in [7, 11) is 0. The van der Waals surface area contributed by atoms with Crippen LogP contribution in [0, 0.1) is 13.8 Å². The molecule has 1 heterocycles. The minimum atomic E-state index is -0.181. The molecule has 6 heteroatoms. The molecule has 1 N–H and O–H groups in total. The van der Waals surface area contributed by atoms with Crippen LogP contribution in [0.15, 0.2) is 28.8 Å². The van der Waals surface area contributed by atoms with E-state index in [0.717, 1.165) is 16.8 Å². The van der Waals surface area contributed by atoms with Crippen LogP contribution in [-0.2, 0) is 9.59 Å². The third kappa shape index (κ3) is 4.68. The summed E-state index contributed by atoms with van der Waals surface area (Å²) < 4.78 is 5.01. The Hall–Kier alpha value is -2.63. The lowest BCUT2D eigenvalue weighted by Gasteiger charge is -2.19. The quantitative estimate of drug-likeness (QED) is 0.865. The van der Waals surface area contributed by atoms with Gasteiger partial charge in [0.25, 0.3) is 0 Å². The lowest BCUT2D eigenvalue weighted by molar-refractivity contribution is -0.117. The second-order valence-electron chi connectivity index (χ2n) is 6.46. The lowest BCUT2D eigenvalue weighted by atomic mass is 9.98. The average Bonchev–Trinajstić information content (AvgIpc) is 2.95. The van der Waals surface area contributed by atoms with Gasteiger partial charge in [-0.05, 0) is 30.9 Å². The van der Waals surface area contributed by atoms with E-state index < -0.39 is 0 Å². The Balaban J connectivity index is 2.06. The Kier molecular flexibility index (Phi) is 5.96. The number of carbonyl (C=O) groups is 2. The van der Waals surface area contributed by atoms with Crippen LogP contribution >= 0.6 is 0 Å². The third-order valence-electron chi connectivity index (χ3n) is 4.03. The first-order valence-corrected chi connectivity index (χ1v) is 8.40. The van der Waals surface area contributed by atoms with Crippen molar-refractivity contribution in [1.82, 2.24) is 5.16 Å². The highest BCUT2D eigenvalue weighted by molar-refractivity contribution is 5.95. The summed E-state index contributed by atoms with van der Waals surface area (Å²) in [5.74, 6) is 1.04. The van der Waals surface area contributed by atoms with Gasteiger partial charge in [0.05, 0.1) is 0 Å². The smallest absolute Gasteiger partial charge is 0.226 e. The molecular formula is C19H25N3O3. The van der Waals surface area contributed by atoms with Gasteiger partial charge < -0.3 is 9.84 Å². The number of carbonyl (C=O) groups excluding carboxylic acids is 2. The number of anilines is 2. The number of benzene rings is 1. The van der Waals surface area contributed by atoms with Crippen molar-refractivity contribution in [3.63, 3.8) is 0 Å². The Bertz CT molecular complexity index is 765. The van der Waals surface area contributed by atoms with Crippen molar-refractivity contribution in [1.29, 1.82) is 0 Å². The maximum absolute atomic E-state index is 12.4. The average molecular weight is 343 g/mol. The lowest BCUT2D eigenvalue weighted by Crippen LogP contribution is -2.32. The Morgan fingerprint density at radius 3 is 2.56 bits per heavy atom. The number of amides is 2. The highest BCUT2D eigenvalue weighted by Gasteiger charge is 2.18. The molecule has 0 aliphatic carbocycles. The molecule has 1 aromatic carbocycles. The number of nitrogens with one attached hydrogen (secondary N) is 1. The van der Waals surface area contributed by atoms with E-state index in [9.17, 15) is 9.59 Å². The van der Waals surface area contributed by atoms with Crippen molar-refractivity contribution in [2.24, 2.45) is 0 Å². The largest absolute Gasteiger partial charge is 0.360 e. The maximum atomic E-state index is 12.4. The van der Waals surface area contributed by atoms with Crippen molar-refractivity contribution in [3.8, 4) is 0 Å². The van der Waals surface area contributed by atoms with Crippen molar-refractivity contribution < 1.29 is 14.1 Å². The standard InChI is InChI=1S/C19H25N3O3/c1-12(2)16-8-6-7-13(3)19(16)20-18(24)9-10-22(15(5)23)17-11-14(4)25-21-17/h6-8,11-12H,9-10H2,1-5H3,(H,20,24). The summed E-state index contributed by atoms with van der Waals surface area (Å²) in [5, 5.41) is 6.84. The topological polar surface area (TPSA) is 75.4 Å². The van der Waals surface area contributed by atoms with Crippen LogP contribution in [0.25, 0.3) is 0 Å². The van der Waals surface area contributed by atoms with Crippen molar-refractivity contribution in [3.05, 3.63) is 41.2 Å². The van der Waals surface area contributed by atoms with E-state index in [1.165, 1.54) is 11.8 Å². The van der Waals surface area contributed by atoms with Crippen LogP contribution in [0.2, 0.25) is 0 Å². The first kappa shape index (κ1) is 18.7. The monoisotopic (exact) mass is 343 g/mol. The molecule has 2 amide bonds. The Labute approximate surface area is 148 Å². The first-order chi connectivity index (χ1) is 11.8. The molecule has 0 fully saturated rings. The number of rotatable bonds is 6. The molecule has 0 aliphatic heterocycles. The maximum Gasteiger partial charge on any atom is 0.226 e. The van der Waals surface area contributed by atoms with Crippen molar-refractivity contribution >= 4 is 23.3 Å². The SMILES string of the molecule is CC(=O)N(CCC(=O)Nc1c(C)cccc1C(C)C)c1cc(C)on1. The molecule has 6 nitrogen and oxygen atoms in total. The van der Waals surface area contributed by atoms with Gasteiger partial charge in [-0.25, -0.2) is 0 Å². The van der Waals surface area contributed by atoms with Gasteiger partial charge in [0.2, 0.25) is 11.8 Å². The van der Waals surface area contributed by atoms with Crippen LogP contribution in [-0.4, -0.2) is 23.5 Å². The predicted molar refractivity (Wildman–Crippen MR) is 97.8 cm³/mol. The number of hydrogen-bond acceptors (Lipinski definition) is 4. The van der Waals surface area contributed by atoms with Gasteiger partial charge in [0.1, 0.15) is 5.76 Å². The summed E-state index contributed by atoms with van der Waals surface area (Å²) in [6.07, 6.45) is 0.178. The zero-order valence-corrected chi connectivity index (χ0v) is 15.4. The minimum Gasteiger partial charge on any atom is -0.360 e. The molecule has 0 aliphatic rings. The molecule has 25 heavy (non-hydrogen) atoms. The van der Waals surface area contributed by atoms with Crippen LogP contribution < -0.4 is 10.2 Å². The minimum absolute atomic E-state index is 0.136. The van der Waals surface area contributed by atoms with Gasteiger partial charge in [-0.1, -0.05) is 37.2 Å². The van der Waals surface area contributed by atoms with Gasteiger partial charge >= 0.3 is 0 Å². The second-order valence-corrected chi connectivity index (χ2v) is 6.46. The molecule has 2 aromatic rings. The summed E-state index contributed by atoms with van der Waals surface area (Å²) in [5.41, 5.74) is 2.98. The molecule has 0 saturated heterocycles. The summed E-state index contributed by atoms with van der Waals surface area (Å²) in [4.78, 5) is 25.7. The molecule has 0 spiro atoms. The molecule has 0 bridgehead atoms. The van der Waals surface area contributed by atoms with Gasteiger partial charge in [-0.15, -0.1) is 0 Å². The Morgan fingerprint density at radius 1 is 1.28 bits per heavy atom. The van der Waals surface area contributed by atoms with E-state index in [1.807, 2.05) is 25.1 Å². The summed E-state index contributed by atoms with van der Waals surface area (Å²) >= 11 is 0. The number of aryl methyl sites for hydroxylation is 2. The zero-order chi connectivity index (χ0) is 18.6. The molecule has 2 rings (SSSR count). The fraction of sp³-hybridized carbons (Fsp3) is 0.421. The predicted octanol–water partition coefficient (Wildman–Crippen LogP) is 3.80. The number of para-hydroxylation sites is 1. The van der Waals surface area contributed by atoms with Crippen LogP contribution in [0.1, 0.15) is 50.0 Å². The van der Waals surface area contributed by atoms with E-state index in [1.54, 1.807) is 13.0 Å². The number of nitrogens with zero attached hydrogens (tertiary/aromatic N) is 2. The molecule has 0 saturated carbocycles. The molecule has 0 radical (unpaired) electrons. The molecule has 0 atom stereocenters. The highest BCUT2D eigenvalue weighted by Crippen LogP contribution is 2.27. The fourth-order valence-electron chi connectivity index (χ4n) is 2.67. The number of hydrogen-bond donors (Lipinski definition) is 1. The van der Waals surface area contributed by atoms with E-state index in [-0.39, 0.29) is 24.8 Å². The van der Waals surface area contributed by atoms with Gasteiger partial charge in [0, 0.05) is 31.6 Å². The van der Waals surface area contributed by atoms with E-state index in [4.69, 9.17) is 4.52 Å². The van der Waals surface area contributed by atoms with Crippen molar-refractivity contribution in [2.45, 2.75) is 47.0 Å². The highest BCUT2D eigenvalue weighted by atomic mass is 16.5. The zero-order valence-electron chi connectivity index (χ0n) is 15.4. The van der Waals surface area contributed by atoms with Gasteiger partial charge in [-0.3, -0.25) is 14.5 Å². The fourth-order valence-corrected chi connectivity index (χ4v) is 2.67. The third-order valence-corrected chi connectivity index (χ3v) is 4.03. The van der Waals surface area contributed by atoms with Crippen LogP contribution in [0.3, 0.4) is 0 Å². The second kappa shape index (κ2) is 7.96. The van der Waals surface area contributed by atoms with Crippen LogP contribution in [0.4, 0.5) is 11.5 Å². The molecule has 0 unspecified atom stereocenters. The van der Waals surface area contributed by atoms with Crippen molar-refractivity contribution in [2.75, 3.05) is 16.8 Å². The summed E-state index contributed by atoms with van der Waals surface area (Å²) in [6.45, 7) is 9.61. The van der Waals surface area contributed by atoms with Gasteiger partial charge in [0.15, 0.2) is 5.82 Å². The molecule has 134 valence electrons. The van der Waals surface area contributed by atoms with Gasteiger partial charge in [-0.2, -0.15) is 0 Å². The van der Waals surface area contributed by atoms with E-state index in [0.29, 0.717) is 17.5 Å². The molecular weight excluding hydrogens is 318 g/mol. The molecule has 1 aromatic heterocycles. The Morgan fingerprint density at radius 2 is 2.00 bits per heavy atom. The van der Waals surface area contributed by atoms with E-state index >= 15 is 0 Å². The normalized spacial score (nSPS) is 10.8. The first-order valence-electron chi connectivity index (χ1n) is 8.40. The summed E-state index contributed by atoms with van der Waals surface area (Å²) in [6, 6.07) is 7.66.